The summed E-state index contributed by atoms with van der Waals surface area (Å²) in [6, 6.07) is 13.6. The summed E-state index contributed by atoms with van der Waals surface area (Å²) in [5.41, 5.74) is 1.38. The maximum atomic E-state index is 13.8. The van der Waals surface area contributed by atoms with Crippen LogP contribution < -0.4 is 4.74 Å². The molecule has 1 aromatic heterocycles. The lowest BCUT2D eigenvalue weighted by atomic mass is 10.1. The first-order valence-corrected chi connectivity index (χ1v) is 7.09. The van der Waals surface area contributed by atoms with Crippen LogP contribution in [0.4, 0.5) is 4.39 Å². The largest absolute Gasteiger partial charge is 0.436 e. The molecule has 3 aromatic rings. The van der Waals surface area contributed by atoms with E-state index in [1.807, 2.05) is 24.3 Å². The number of rotatable bonds is 3. The third-order valence-electron chi connectivity index (χ3n) is 3.06. The molecular formula is C16H11BrFNO2. The van der Waals surface area contributed by atoms with Gasteiger partial charge in [0.25, 0.3) is 0 Å². The van der Waals surface area contributed by atoms with Crippen molar-refractivity contribution in [3.05, 3.63) is 64.4 Å². The summed E-state index contributed by atoms with van der Waals surface area (Å²) in [5.74, 6) is -0.145. The first-order chi connectivity index (χ1) is 10.2. The van der Waals surface area contributed by atoms with Crippen LogP contribution in [-0.4, -0.2) is 10.1 Å². The van der Waals surface area contributed by atoms with Gasteiger partial charge in [-0.3, -0.25) is 0 Å². The fourth-order valence-corrected chi connectivity index (χ4v) is 2.41. The Bertz CT molecular complexity index is 807. The predicted octanol–water partition coefficient (Wildman–Crippen LogP) is 4.42. The molecule has 3 nitrogen and oxygen atoms in total. The van der Waals surface area contributed by atoms with Crippen molar-refractivity contribution in [3.63, 3.8) is 0 Å². The first-order valence-electron chi connectivity index (χ1n) is 6.30. The number of pyridine rings is 1. The fourth-order valence-electron chi connectivity index (χ4n) is 2.07. The van der Waals surface area contributed by atoms with Gasteiger partial charge in [0.1, 0.15) is 0 Å². The molecule has 1 heterocycles. The molecule has 0 atom stereocenters. The summed E-state index contributed by atoms with van der Waals surface area (Å²) in [7, 11) is 0. The molecule has 0 aliphatic carbocycles. The highest BCUT2D eigenvalue weighted by molar-refractivity contribution is 9.10. The molecule has 0 fully saturated rings. The van der Waals surface area contributed by atoms with Crippen LogP contribution in [0.15, 0.2) is 53.0 Å². The van der Waals surface area contributed by atoms with Gasteiger partial charge in [0.05, 0.1) is 12.1 Å². The molecule has 0 radical (unpaired) electrons. The van der Waals surface area contributed by atoms with E-state index in [1.54, 1.807) is 12.1 Å². The Hall–Kier alpha value is -1.98. The second kappa shape index (κ2) is 5.79. The van der Waals surface area contributed by atoms with E-state index < -0.39 is 5.82 Å². The van der Waals surface area contributed by atoms with E-state index in [0.717, 1.165) is 5.39 Å². The van der Waals surface area contributed by atoms with Crippen LogP contribution in [0.3, 0.4) is 0 Å². The highest BCUT2D eigenvalue weighted by atomic mass is 79.9. The van der Waals surface area contributed by atoms with Crippen molar-refractivity contribution in [1.29, 1.82) is 0 Å². The Morgan fingerprint density at radius 3 is 2.71 bits per heavy atom. The lowest BCUT2D eigenvalue weighted by Crippen LogP contribution is -1.95. The van der Waals surface area contributed by atoms with Crippen molar-refractivity contribution in [2.75, 3.05) is 0 Å². The van der Waals surface area contributed by atoms with Gasteiger partial charge in [-0.2, -0.15) is 0 Å². The molecule has 5 heteroatoms. The van der Waals surface area contributed by atoms with Crippen molar-refractivity contribution < 1.29 is 14.2 Å². The third-order valence-corrected chi connectivity index (χ3v) is 3.55. The second-order valence-corrected chi connectivity index (χ2v) is 5.39. The molecule has 0 saturated heterocycles. The van der Waals surface area contributed by atoms with E-state index in [2.05, 4.69) is 20.9 Å². The average Bonchev–Trinajstić information content (AvgIpc) is 2.49. The number of aliphatic hydroxyl groups is 1. The van der Waals surface area contributed by atoms with Gasteiger partial charge in [-0.15, -0.1) is 0 Å². The molecule has 3 rings (SSSR count). The van der Waals surface area contributed by atoms with Gasteiger partial charge in [0.15, 0.2) is 11.6 Å². The molecule has 106 valence electrons. The maximum Gasteiger partial charge on any atom is 0.220 e. The zero-order valence-corrected chi connectivity index (χ0v) is 12.5. The zero-order chi connectivity index (χ0) is 14.8. The van der Waals surface area contributed by atoms with Crippen LogP contribution in [-0.2, 0) is 6.61 Å². The van der Waals surface area contributed by atoms with Crippen LogP contribution in [0, 0.1) is 5.82 Å². The number of hydrogen-bond donors (Lipinski definition) is 1. The minimum atomic E-state index is -0.482. The van der Waals surface area contributed by atoms with Crippen LogP contribution >= 0.6 is 15.9 Å². The van der Waals surface area contributed by atoms with Crippen molar-refractivity contribution in [3.8, 4) is 11.6 Å². The molecule has 0 spiro atoms. The molecule has 2 aromatic carbocycles. The Morgan fingerprint density at radius 1 is 1.14 bits per heavy atom. The topological polar surface area (TPSA) is 42.4 Å². The summed E-state index contributed by atoms with van der Waals surface area (Å²) in [6.45, 7) is -0.137. The van der Waals surface area contributed by atoms with Crippen molar-refractivity contribution in [2.45, 2.75) is 6.61 Å². The van der Waals surface area contributed by atoms with E-state index in [9.17, 15) is 9.50 Å². The van der Waals surface area contributed by atoms with Crippen LogP contribution in [0.25, 0.3) is 10.9 Å². The lowest BCUT2D eigenvalue weighted by molar-refractivity contribution is 0.282. The minimum Gasteiger partial charge on any atom is -0.436 e. The van der Waals surface area contributed by atoms with Gasteiger partial charge >= 0.3 is 0 Å². The van der Waals surface area contributed by atoms with Crippen LogP contribution in [0.2, 0.25) is 0 Å². The molecular weight excluding hydrogens is 337 g/mol. The van der Waals surface area contributed by atoms with Gasteiger partial charge < -0.3 is 9.84 Å². The number of aliphatic hydroxyl groups excluding tert-OH is 1. The number of aromatic nitrogens is 1. The van der Waals surface area contributed by atoms with Gasteiger partial charge in [-0.1, -0.05) is 34.1 Å². The monoisotopic (exact) mass is 347 g/mol. The highest BCUT2D eigenvalue weighted by Gasteiger charge is 2.09. The molecule has 0 amide bonds. The first kappa shape index (κ1) is 14.0. The van der Waals surface area contributed by atoms with Gasteiger partial charge in [0.2, 0.25) is 5.88 Å². The standard InChI is InChI=1S/C16H11BrFNO2/c17-11-5-6-15(13(18)8-11)21-16-7-10(9-20)12-3-1-2-4-14(12)19-16/h1-8,20H,9H2. The Balaban J connectivity index is 2.04. The number of fused-ring (bicyclic) bond motifs is 1. The molecule has 1 N–H and O–H groups in total. The number of halogens is 2. The van der Waals surface area contributed by atoms with Crippen LogP contribution in [0.5, 0.6) is 11.6 Å². The number of hydrogen-bond acceptors (Lipinski definition) is 3. The van der Waals surface area contributed by atoms with Crippen molar-refractivity contribution in [2.24, 2.45) is 0 Å². The minimum absolute atomic E-state index is 0.0878. The van der Waals surface area contributed by atoms with E-state index in [4.69, 9.17) is 4.74 Å². The highest BCUT2D eigenvalue weighted by Crippen LogP contribution is 2.28. The van der Waals surface area contributed by atoms with Gasteiger partial charge in [-0.25, -0.2) is 9.37 Å². The van der Waals surface area contributed by atoms with Gasteiger partial charge in [0, 0.05) is 15.9 Å². The normalized spacial score (nSPS) is 10.8. The molecule has 0 aliphatic heterocycles. The Morgan fingerprint density at radius 2 is 1.95 bits per heavy atom. The molecule has 0 unspecified atom stereocenters. The molecule has 0 bridgehead atoms. The van der Waals surface area contributed by atoms with Crippen molar-refractivity contribution in [1.82, 2.24) is 4.98 Å². The number of ether oxygens (including phenoxy) is 1. The zero-order valence-electron chi connectivity index (χ0n) is 10.9. The second-order valence-electron chi connectivity index (χ2n) is 4.47. The Labute approximate surface area is 129 Å². The third kappa shape index (κ3) is 2.89. The quantitative estimate of drug-likeness (QED) is 0.762. The maximum absolute atomic E-state index is 13.8. The summed E-state index contributed by atoms with van der Waals surface area (Å²) >= 11 is 3.19. The van der Waals surface area contributed by atoms with E-state index in [-0.39, 0.29) is 18.2 Å². The van der Waals surface area contributed by atoms with E-state index in [1.165, 1.54) is 12.1 Å². The predicted molar refractivity (Wildman–Crippen MR) is 81.8 cm³/mol. The number of benzene rings is 2. The summed E-state index contributed by atoms with van der Waals surface area (Å²) < 4.78 is 19.9. The Kier molecular flexibility index (Phi) is 3.86. The molecule has 0 aliphatic rings. The lowest BCUT2D eigenvalue weighted by Gasteiger charge is -2.09. The number of para-hydroxylation sites is 1. The summed E-state index contributed by atoms with van der Waals surface area (Å²) in [5, 5.41) is 10.3. The average molecular weight is 348 g/mol. The molecule has 0 saturated carbocycles. The van der Waals surface area contributed by atoms with Crippen LogP contribution in [0.1, 0.15) is 5.56 Å². The SMILES string of the molecule is OCc1cc(Oc2ccc(Br)cc2F)nc2ccccc12. The molecule has 21 heavy (non-hydrogen) atoms. The smallest absolute Gasteiger partial charge is 0.220 e. The fraction of sp³-hybridized carbons (Fsp3) is 0.0625. The summed E-state index contributed by atoms with van der Waals surface area (Å²) in [6.07, 6.45) is 0. The van der Waals surface area contributed by atoms with Gasteiger partial charge in [-0.05, 0) is 29.8 Å². The van der Waals surface area contributed by atoms with E-state index >= 15 is 0 Å². The summed E-state index contributed by atoms with van der Waals surface area (Å²) in [4.78, 5) is 4.33. The van der Waals surface area contributed by atoms with Crippen molar-refractivity contribution >= 4 is 26.8 Å². The van der Waals surface area contributed by atoms with E-state index in [0.29, 0.717) is 15.6 Å². The number of nitrogens with zero attached hydrogens (tertiary/aromatic N) is 1.